The maximum Gasteiger partial charge on any atom is 0.265 e. The number of hydrogen-bond acceptors (Lipinski definition) is 4. The van der Waals surface area contributed by atoms with E-state index in [9.17, 15) is 0 Å². The Morgan fingerprint density at radius 3 is 2.90 bits per heavy atom. The maximum absolute atomic E-state index is 3.85. The Balaban J connectivity index is 2.04. The molecule has 0 saturated carbocycles. The largest absolute Gasteiger partial charge is 0.338 e. The second-order valence-corrected chi connectivity index (χ2v) is 2.72. The molecule has 0 aliphatic carbocycles. The van der Waals surface area contributed by atoms with E-state index >= 15 is 0 Å². The SMILES string of the molecule is CC1CN(c2nn[nH]n2)C1. The standard InChI is InChI=1S/C5H9N5/c1-4-2-10(3-4)5-6-8-9-7-5/h4H,2-3H2,1H3,(H,6,7,8,9). The van der Waals surface area contributed by atoms with Crippen LogP contribution in [0.4, 0.5) is 5.95 Å². The van der Waals surface area contributed by atoms with Gasteiger partial charge in [0.05, 0.1) is 0 Å². The lowest BCUT2D eigenvalue weighted by Gasteiger charge is -2.35. The molecule has 1 fully saturated rings. The zero-order valence-electron chi connectivity index (χ0n) is 5.78. The quantitative estimate of drug-likeness (QED) is 0.578. The van der Waals surface area contributed by atoms with Gasteiger partial charge in [-0.2, -0.15) is 5.21 Å². The van der Waals surface area contributed by atoms with Crippen molar-refractivity contribution in [3.8, 4) is 0 Å². The Labute approximate surface area is 58.4 Å². The summed E-state index contributed by atoms with van der Waals surface area (Å²) in [5.74, 6) is 1.50. The van der Waals surface area contributed by atoms with Crippen LogP contribution >= 0.6 is 0 Å². The molecule has 0 amide bonds. The van der Waals surface area contributed by atoms with Crippen LogP contribution in [0.25, 0.3) is 0 Å². The van der Waals surface area contributed by atoms with Gasteiger partial charge in [-0.05, 0) is 11.1 Å². The van der Waals surface area contributed by atoms with Crippen LogP contribution in [0.5, 0.6) is 0 Å². The molecule has 2 rings (SSSR count). The minimum Gasteiger partial charge on any atom is -0.338 e. The highest BCUT2D eigenvalue weighted by atomic mass is 15.5. The molecule has 0 radical (unpaired) electrons. The molecular formula is C5H9N5. The summed E-state index contributed by atoms with van der Waals surface area (Å²) in [5, 5.41) is 13.6. The van der Waals surface area contributed by atoms with Gasteiger partial charge in [-0.1, -0.05) is 12.0 Å². The number of nitrogens with zero attached hydrogens (tertiary/aromatic N) is 4. The molecule has 54 valence electrons. The lowest BCUT2D eigenvalue weighted by atomic mass is 10.0. The molecule has 0 spiro atoms. The van der Waals surface area contributed by atoms with Gasteiger partial charge in [-0.3, -0.25) is 0 Å². The second-order valence-electron chi connectivity index (χ2n) is 2.72. The van der Waals surface area contributed by atoms with Gasteiger partial charge in [-0.25, -0.2) is 0 Å². The molecule has 2 heterocycles. The predicted molar refractivity (Wildman–Crippen MR) is 35.6 cm³/mol. The fourth-order valence-electron chi connectivity index (χ4n) is 1.15. The molecular weight excluding hydrogens is 130 g/mol. The van der Waals surface area contributed by atoms with E-state index in [1.807, 2.05) is 0 Å². The van der Waals surface area contributed by atoms with Crippen LogP contribution in [-0.2, 0) is 0 Å². The monoisotopic (exact) mass is 139 g/mol. The van der Waals surface area contributed by atoms with E-state index < -0.39 is 0 Å². The van der Waals surface area contributed by atoms with Crippen molar-refractivity contribution in [2.45, 2.75) is 6.92 Å². The summed E-state index contributed by atoms with van der Waals surface area (Å²) in [7, 11) is 0. The van der Waals surface area contributed by atoms with Gasteiger partial charge >= 0.3 is 0 Å². The van der Waals surface area contributed by atoms with Gasteiger partial charge in [0, 0.05) is 13.1 Å². The summed E-state index contributed by atoms with van der Waals surface area (Å²) in [6, 6.07) is 0. The minimum absolute atomic E-state index is 0.720. The number of aromatic nitrogens is 4. The third-order valence-electron chi connectivity index (χ3n) is 1.68. The first-order valence-electron chi connectivity index (χ1n) is 3.34. The molecule has 0 aromatic carbocycles. The molecule has 1 aliphatic heterocycles. The van der Waals surface area contributed by atoms with Crippen molar-refractivity contribution in [1.29, 1.82) is 0 Å². The summed E-state index contributed by atoms with van der Waals surface area (Å²) in [4.78, 5) is 2.09. The van der Waals surface area contributed by atoms with Crippen LogP contribution in [0.15, 0.2) is 0 Å². The molecule has 0 unspecified atom stereocenters. The smallest absolute Gasteiger partial charge is 0.265 e. The average Bonchev–Trinajstić information content (AvgIpc) is 2.31. The number of H-pyrrole nitrogens is 1. The summed E-state index contributed by atoms with van der Waals surface area (Å²) in [6.45, 7) is 4.32. The molecule has 1 aromatic rings. The van der Waals surface area contributed by atoms with E-state index in [2.05, 4.69) is 32.4 Å². The summed E-state index contributed by atoms with van der Waals surface area (Å²) in [5.41, 5.74) is 0. The lowest BCUT2D eigenvalue weighted by molar-refractivity contribution is 0.439. The zero-order valence-corrected chi connectivity index (χ0v) is 5.78. The number of aromatic amines is 1. The van der Waals surface area contributed by atoms with Gasteiger partial charge in [0.1, 0.15) is 0 Å². The van der Waals surface area contributed by atoms with E-state index in [1.165, 1.54) is 0 Å². The Hall–Kier alpha value is -1.13. The highest BCUT2D eigenvalue weighted by molar-refractivity contribution is 5.30. The molecule has 10 heavy (non-hydrogen) atoms. The highest BCUT2D eigenvalue weighted by Gasteiger charge is 2.25. The minimum atomic E-state index is 0.720. The first-order valence-corrected chi connectivity index (χ1v) is 3.34. The summed E-state index contributed by atoms with van der Waals surface area (Å²) >= 11 is 0. The topological polar surface area (TPSA) is 57.7 Å². The fraction of sp³-hybridized carbons (Fsp3) is 0.800. The number of rotatable bonds is 1. The van der Waals surface area contributed by atoms with E-state index in [4.69, 9.17) is 0 Å². The fourth-order valence-corrected chi connectivity index (χ4v) is 1.15. The van der Waals surface area contributed by atoms with Crippen LogP contribution in [0.3, 0.4) is 0 Å². The first-order chi connectivity index (χ1) is 4.86. The number of anilines is 1. The summed E-state index contributed by atoms with van der Waals surface area (Å²) in [6.07, 6.45) is 0. The first kappa shape index (κ1) is 5.64. The van der Waals surface area contributed by atoms with Crippen molar-refractivity contribution in [3.63, 3.8) is 0 Å². The number of tetrazole rings is 1. The molecule has 5 heteroatoms. The van der Waals surface area contributed by atoms with Gasteiger partial charge in [0.25, 0.3) is 5.95 Å². The van der Waals surface area contributed by atoms with Crippen molar-refractivity contribution in [2.24, 2.45) is 5.92 Å². The van der Waals surface area contributed by atoms with E-state index in [1.54, 1.807) is 0 Å². The maximum atomic E-state index is 3.85. The van der Waals surface area contributed by atoms with Crippen LogP contribution < -0.4 is 4.90 Å². The Kier molecular flexibility index (Phi) is 1.09. The average molecular weight is 139 g/mol. The van der Waals surface area contributed by atoms with Gasteiger partial charge < -0.3 is 4.90 Å². The van der Waals surface area contributed by atoms with E-state index in [-0.39, 0.29) is 0 Å². The van der Waals surface area contributed by atoms with Crippen LogP contribution in [0, 0.1) is 5.92 Å². The van der Waals surface area contributed by atoms with Crippen LogP contribution in [0.1, 0.15) is 6.92 Å². The zero-order chi connectivity index (χ0) is 6.97. The second kappa shape index (κ2) is 1.93. The van der Waals surface area contributed by atoms with Gasteiger partial charge in [0.15, 0.2) is 0 Å². The van der Waals surface area contributed by atoms with Crippen LogP contribution in [-0.4, -0.2) is 33.7 Å². The lowest BCUT2D eigenvalue weighted by Crippen LogP contribution is -2.45. The van der Waals surface area contributed by atoms with E-state index in [0.29, 0.717) is 0 Å². The van der Waals surface area contributed by atoms with Gasteiger partial charge in [-0.15, -0.1) is 5.10 Å². The number of hydrogen-bond donors (Lipinski definition) is 1. The van der Waals surface area contributed by atoms with Crippen molar-refractivity contribution in [3.05, 3.63) is 0 Å². The third kappa shape index (κ3) is 0.741. The molecule has 1 aliphatic rings. The van der Waals surface area contributed by atoms with Crippen molar-refractivity contribution in [2.75, 3.05) is 18.0 Å². The molecule has 1 saturated heterocycles. The third-order valence-corrected chi connectivity index (χ3v) is 1.68. The Bertz CT molecular complexity index is 200. The Morgan fingerprint density at radius 2 is 2.40 bits per heavy atom. The van der Waals surface area contributed by atoms with Crippen molar-refractivity contribution < 1.29 is 0 Å². The van der Waals surface area contributed by atoms with Crippen LogP contribution in [0.2, 0.25) is 0 Å². The van der Waals surface area contributed by atoms with Gasteiger partial charge in [0.2, 0.25) is 0 Å². The van der Waals surface area contributed by atoms with Crippen molar-refractivity contribution >= 4 is 5.95 Å². The predicted octanol–water partition coefficient (Wildman–Crippen LogP) is -0.344. The molecule has 5 nitrogen and oxygen atoms in total. The summed E-state index contributed by atoms with van der Waals surface area (Å²) < 4.78 is 0. The normalized spacial score (nSPS) is 19.1. The van der Waals surface area contributed by atoms with E-state index in [0.717, 1.165) is 25.0 Å². The highest BCUT2D eigenvalue weighted by Crippen LogP contribution is 2.18. The molecule has 1 aromatic heterocycles. The molecule has 0 bridgehead atoms. The molecule has 1 N–H and O–H groups in total. The Morgan fingerprint density at radius 1 is 1.60 bits per heavy atom. The molecule has 0 atom stereocenters. The van der Waals surface area contributed by atoms with Crippen molar-refractivity contribution in [1.82, 2.24) is 20.6 Å². The number of nitrogens with one attached hydrogen (secondary N) is 1.